The van der Waals surface area contributed by atoms with Gasteiger partial charge in [0.25, 0.3) is 0 Å². The second-order valence-electron chi connectivity index (χ2n) is 3.23. The maximum Gasteiger partial charge on any atom is 0.130 e. The van der Waals surface area contributed by atoms with Crippen LogP contribution in [0.5, 0.6) is 0 Å². The third-order valence-electron chi connectivity index (χ3n) is 2.19. The number of carbonyl (C=O) groups excluding carboxylic acids is 1. The smallest absolute Gasteiger partial charge is 0.130 e. The highest BCUT2D eigenvalue weighted by atomic mass is 16.1. The molecule has 0 spiro atoms. The van der Waals surface area contributed by atoms with Crippen molar-refractivity contribution >= 4 is 12.2 Å². The van der Waals surface area contributed by atoms with Gasteiger partial charge in [-0.05, 0) is 18.6 Å². The first-order chi connectivity index (χ1) is 6.38. The Morgan fingerprint density at radius 3 is 3.08 bits per heavy atom. The molecule has 1 aliphatic rings. The number of nitrogens with zero attached hydrogens (tertiary/aromatic N) is 1. The van der Waals surface area contributed by atoms with E-state index in [0.717, 1.165) is 12.8 Å². The van der Waals surface area contributed by atoms with Gasteiger partial charge in [0.15, 0.2) is 0 Å². The van der Waals surface area contributed by atoms with E-state index in [0.29, 0.717) is 5.57 Å². The van der Waals surface area contributed by atoms with Gasteiger partial charge < -0.3 is 0 Å². The van der Waals surface area contributed by atoms with Gasteiger partial charge in [0.1, 0.15) is 5.94 Å². The van der Waals surface area contributed by atoms with Gasteiger partial charge in [0.2, 0.25) is 0 Å². The van der Waals surface area contributed by atoms with Crippen molar-refractivity contribution in [1.29, 1.82) is 0 Å². The summed E-state index contributed by atoms with van der Waals surface area (Å²) in [7, 11) is 0. The Kier molecular flexibility index (Phi) is 4.20. The fraction of sp³-hybridized carbons (Fsp3) is 0.545. The molecule has 0 aromatic heterocycles. The summed E-state index contributed by atoms with van der Waals surface area (Å²) in [6, 6.07) is 0.0639. The molecule has 0 fully saturated rings. The predicted octanol–water partition coefficient (Wildman–Crippen LogP) is 2.33. The molecule has 1 unspecified atom stereocenters. The maximum atomic E-state index is 10.5. The molecule has 1 aliphatic heterocycles. The third-order valence-corrected chi connectivity index (χ3v) is 2.19. The monoisotopic (exact) mass is 177 g/mol. The molecular formula is C11H15NO. The molecule has 1 heterocycles. The molecule has 70 valence electrons. The Bertz CT molecular complexity index is 259. The number of hydrogen-bond acceptors (Lipinski definition) is 2. The standard InChI is InChI=1S/C11H15NO/c1-2-3-4-7-11-10(9-13)6-5-8-12-11/h5-6,8,11H,2-4,7H2,1H3. The molecule has 0 aromatic rings. The molecule has 2 nitrogen and oxygen atoms in total. The van der Waals surface area contributed by atoms with Crippen LogP contribution in [0, 0.1) is 0 Å². The molecule has 0 amide bonds. The first-order valence-electron chi connectivity index (χ1n) is 4.83. The summed E-state index contributed by atoms with van der Waals surface area (Å²) < 4.78 is 0. The SMILES string of the molecule is CCCCCC1N=CC=CC1=C=O. The van der Waals surface area contributed by atoms with E-state index in [4.69, 9.17) is 0 Å². The van der Waals surface area contributed by atoms with Crippen molar-refractivity contribution in [3.8, 4) is 0 Å². The van der Waals surface area contributed by atoms with Crippen LogP contribution >= 0.6 is 0 Å². The van der Waals surface area contributed by atoms with Crippen LogP contribution in [0.4, 0.5) is 0 Å². The number of aliphatic imine (C=N–C) groups is 1. The Balaban J connectivity index is 2.44. The second kappa shape index (κ2) is 5.50. The zero-order valence-corrected chi connectivity index (χ0v) is 7.99. The summed E-state index contributed by atoms with van der Waals surface area (Å²) >= 11 is 0. The molecule has 2 heteroatoms. The fourth-order valence-corrected chi connectivity index (χ4v) is 1.41. The van der Waals surface area contributed by atoms with E-state index in [2.05, 4.69) is 11.9 Å². The average Bonchev–Trinajstić information content (AvgIpc) is 2.19. The van der Waals surface area contributed by atoms with Crippen LogP contribution < -0.4 is 0 Å². The average molecular weight is 177 g/mol. The van der Waals surface area contributed by atoms with Crippen molar-refractivity contribution in [3.05, 3.63) is 17.7 Å². The molecule has 1 atom stereocenters. The van der Waals surface area contributed by atoms with Crippen LogP contribution in [0.1, 0.15) is 32.6 Å². The molecule has 1 rings (SSSR count). The molecule has 0 N–H and O–H groups in total. The summed E-state index contributed by atoms with van der Waals surface area (Å²) in [5, 5.41) is 0. The first-order valence-corrected chi connectivity index (χ1v) is 4.83. The van der Waals surface area contributed by atoms with Crippen molar-refractivity contribution in [2.24, 2.45) is 4.99 Å². The lowest BCUT2D eigenvalue weighted by molar-refractivity contribution is 0.561. The molecule has 0 aromatic carbocycles. The van der Waals surface area contributed by atoms with Crippen LogP contribution in [0.2, 0.25) is 0 Å². The van der Waals surface area contributed by atoms with E-state index in [1.165, 1.54) is 12.8 Å². The van der Waals surface area contributed by atoms with Crippen LogP contribution in [0.15, 0.2) is 22.7 Å². The normalized spacial score (nSPS) is 20.4. The quantitative estimate of drug-likeness (QED) is 0.478. The van der Waals surface area contributed by atoms with Gasteiger partial charge in [-0.25, -0.2) is 4.79 Å². The zero-order chi connectivity index (χ0) is 9.52. The predicted molar refractivity (Wildman–Crippen MR) is 54.8 cm³/mol. The highest BCUT2D eigenvalue weighted by Gasteiger charge is 2.12. The molecular weight excluding hydrogens is 162 g/mol. The minimum atomic E-state index is 0.0639. The van der Waals surface area contributed by atoms with Crippen LogP contribution in [0.25, 0.3) is 0 Å². The summed E-state index contributed by atoms with van der Waals surface area (Å²) in [4.78, 5) is 14.8. The van der Waals surface area contributed by atoms with E-state index in [1.54, 1.807) is 18.4 Å². The lowest BCUT2D eigenvalue weighted by Gasteiger charge is -2.12. The van der Waals surface area contributed by atoms with E-state index in [1.807, 2.05) is 5.94 Å². The molecule has 13 heavy (non-hydrogen) atoms. The summed E-state index contributed by atoms with van der Waals surface area (Å²) in [6.07, 6.45) is 9.87. The van der Waals surface area contributed by atoms with Gasteiger partial charge in [-0.1, -0.05) is 26.2 Å². The fourth-order valence-electron chi connectivity index (χ4n) is 1.41. The van der Waals surface area contributed by atoms with Crippen LogP contribution in [-0.2, 0) is 4.79 Å². The third kappa shape index (κ3) is 3.00. The number of rotatable bonds is 4. The zero-order valence-electron chi connectivity index (χ0n) is 7.99. The summed E-state index contributed by atoms with van der Waals surface area (Å²) in [5.74, 6) is 1.95. The molecule has 0 saturated heterocycles. The van der Waals surface area contributed by atoms with Gasteiger partial charge in [0.05, 0.1) is 11.6 Å². The first kappa shape index (κ1) is 9.94. The largest absolute Gasteiger partial charge is 0.284 e. The van der Waals surface area contributed by atoms with E-state index in [9.17, 15) is 4.79 Å². The highest BCUT2D eigenvalue weighted by Crippen LogP contribution is 2.16. The molecule has 0 saturated carbocycles. The van der Waals surface area contributed by atoms with E-state index < -0.39 is 0 Å². The van der Waals surface area contributed by atoms with Gasteiger partial charge >= 0.3 is 0 Å². The van der Waals surface area contributed by atoms with Gasteiger partial charge in [-0.15, -0.1) is 0 Å². The Morgan fingerprint density at radius 1 is 1.54 bits per heavy atom. The summed E-state index contributed by atoms with van der Waals surface area (Å²) in [6.45, 7) is 2.17. The number of hydrogen-bond donors (Lipinski definition) is 0. The van der Waals surface area contributed by atoms with Crippen LogP contribution in [-0.4, -0.2) is 18.2 Å². The lowest BCUT2D eigenvalue weighted by Crippen LogP contribution is -2.10. The molecule has 0 aliphatic carbocycles. The number of dihydropyridines is 1. The van der Waals surface area contributed by atoms with Crippen molar-refractivity contribution in [1.82, 2.24) is 0 Å². The lowest BCUT2D eigenvalue weighted by atomic mass is 10.0. The number of allylic oxidation sites excluding steroid dienone is 1. The van der Waals surface area contributed by atoms with E-state index >= 15 is 0 Å². The van der Waals surface area contributed by atoms with Gasteiger partial charge in [-0.2, -0.15) is 0 Å². The maximum absolute atomic E-state index is 10.5. The van der Waals surface area contributed by atoms with Crippen LogP contribution in [0.3, 0.4) is 0 Å². The van der Waals surface area contributed by atoms with E-state index in [-0.39, 0.29) is 6.04 Å². The van der Waals surface area contributed by atoms with Crippen molar-refractivity contribution in [2.45, 2.75) is 38.6 Å². The Hall–Kier alpha value is -1.14. The number of unbranched alkanes of at least 4 members (excludes halogenated alkanes) is 2. The second-order valence-corrected chi connectivity index (χ2v) is 3.23. The minimum Gasteiger partial charge on any atom is -0.284 e. The summed E-state index contributed by atoms with van der Waals surface area (Å²) in [5.41, 5.74) is 0.693. The van der Waals surface area contributed by atoms with Crippen molar-refractivity contribution in [2.75, 3.05) is 0 Å². The highest BCUT2D eigenvalue weighted by molar-refractivity contribution is 5.77. The van der Waals surface area contributed by atoms with Gasteiger partial charge in [-0.3, -0.25) is 4.99 Å². The Morgan fingerprint density at radius 2 is 2.38 bits per heavy atom. The molecule has 0 radical (unpaired) electrons. The molecule has 0 bridgehead atoms. The topological polar surface area (TPSA) is 29.4 Å². The minimum absolute atomic E-state index is 0.0639. The van der Waals surface area contributed by atoms with Crippen molar-refractivity contribution < 1.29 is 4.79 Å². The Labute approximate surface area is 79.1 Å². The van der Waals surface area contributed by atoms with Gasteiger partial charge in [0, 0.05) is 6.21 Å². The van der Waals surface area contributed by atoms with Crippen molar-refractivity contribution in [3.63, 3.8) is 0 Å².